The molecule has 2 aromatic carbocycles. The molecular weight excluding hydrogens is 280 g/mol. The molecule has 4 heteroatoms. The highest BCUT2D eigenvalue weighted by Gasteiger charge is 2.19. The first-order valence-electron chi connectivity index (χ1n) is 7.19. The Balaban J connectivity index is 2.17. The molecule has 0 amide bonds. The molecule has 2 aromatic rings. The van der Waals surface area contributed by atoms with Crippen molar-refractivity contribution in [1.82, 2.24) is 0 Å². The lowest BCUT2D eigenvalue weighted by Crippen LogP contribution is -2.19. The fraction of sp³-hybridized carbons (Fsp3) is 0.222. The fourth-order valence-corrected chi connectivity index (χ4v) is 1.75. The third-order valence-corrected chi connectivity index (χ3v) is 3.29. The number of hydrogen-bond acceptors (Lipinski definition) is 4. The molecule has 1 unspecified atom stereocenters. The smallest absolute Gasteiger partial charge is 0.347 e. The van der Waals surface area contributed by atoms with Gasteiger partial charge in [-0.05, 0) is 30.7 Å². The lowest BCUT2D eigenvalue weighted by atomic mass is 10.1. The summed E-state index contributed by atoms with van der Waals surface area (Å²) in [6.45, 7) is 3.69. The molecule has 1 atom stereocenters. The van der Waals surface area contributed by atoms with Crippen LogP contribution in [-0.4, -0.2) is 11.9 Å². The molecule has 114 valence electrons. The van der Waals surface area contributed by atoms with Gasteiger partial charge in [0.15, 0.2) is 0 Å². The van der Waals surface area contributed by atoms with E-state index in [0.29, 0.717) is 12.2 Å². The standard InChI is InChI=1S/C18H18O4/c1-3-13(2)17(19)22-16-12-8-7-11-15(16)18(20)21-14-9-5-4-6-10-14/h4-13H,3H2,1-2H3. The number of carbonyl (C=O) groups excluding carboxylic acids is 2. The highest BCUT2D eigenvalue weighted by molar-refractivity contribution is 5.95. The summed E-state index contributed by atoms with van der Waals surface area (Å²) in [6, 6.07) is 15.3. The molecule has 0 bridgehead atoms. The first-order chi connectivity index (χ1) is 10.6. The summed E-state index contributed by atoms with van der Waals surface area (Å²) in [5.74, 6) is -0.483. The van der Waals surface area contributed by atoms with Crippen molar-refractivity contribution in [3.8, 4) is 11.5 Å². The molecule has 4 nitrogen and oxygen atoms in total. The molecule has 22 heavy (non-hydrogen) atoms. The van der Waals surface area contributed by atoms with Crippen molar-refractivity contribution in [3.63, 3.8) is 0 Å². The Bertz CT molecular complexity index is 649. The van der Waals surface area contributed by atoms with Crippen molar-refractivity contribution in [3.05, 3.63) is 60.2 Å². The van der Waals surface area contributed by atoms with Gasteiger partial charge in [-0.15, -0.1) is 0 Å². The molecule has 0 radical (unpaired) electrons. The van der Waals surface area contributed by atoms with Crippen LogP contribution in [0, 0.1) is 5.92 Å². The van der Waals surface area contributed by atoms with Gasteiger partial charge in [-0.25, -0.2) is 4.79 Å². The van der Waals surface area contributed by atoms with E-state index in [-0.39, 0.29) is 23.2 Å². The second-order valence-electron chi connectivity index (χ2n) is 4.93. The highest BCUT2D eigenvalue weighted by Crippen LogP contribution is 2.22. The predicted octanol–water partition coefficient (Wildman–Crippen LogP) is 3.86. The van der Waals surface area contributed by atoms with Crippen LogP contribution in [0.15, 0.2) is 54.6 Å². The van der Waals surface area contributed by atoms with Crippen molar-refractivity contribution in [2.24, 2.45) is 5.92 Å². The minimum absolute atomic E-state index is 0.216. The first-order valence-corrected chi connectivity index (χ1v) is 7.19. The topological polar surface area (TPSA) is 52.6 Å². The maximum absolute atomic E-state index is 12.2. The SMILES string of the molecule is CCC(C)C(=O)Oc1ccccc1C(=O)Oc1ccccc1. The van der Waals surface area contributed by atoms with E-state index in [4.69, 9.17) is 9.47 Å². The van der Waals surface area contributed by atoms with Gasteiger partial charge >= 0.3 is 11.9 Å². The molecule has 0 aliphatic rings. The van der Waals surface area contributed by atoms with E-state index in [1.165, 1.54) is 0 Å². The minimum atomic E-state index is -0.557. The lowest BCUT2D eigenvalue weighted by molar-refractivity contribution is -0.138. The van der Waals surface area contributed by atoms with Crippen LogP contribution in [0.2, 0.25) is 0 Å². The zero-order valence-electron chi connectivity index (χ0n) is 12.6. The number of benzene rings is 2. The van der Waals surface area contributed by atoms with Crippen LogP contribution in [-0.2, 0) is 4.79 Å². The second-order valence-corrected chi connectivity index (χ2v) is 4.93. The van der Waals surface area contributed by atoms with Gasteiger partial charge in [0.05, 0.1) is 5.92 Å². The van der Waals surface area contributed by atoms with Crippen LogP contribution in [0.25, 0.3) is 0 Å². The molecule has 0 heterocycles. The Hall–Kier alpha value is -2.62. The van der Waals surface area contributed by atoms with Gasteiger partial charge in [-0.1, -0.05) is 44.2 Å². The summed E-state index contributed by atoms with van der Waals surface area (Å²) in [6.07, 6.45) is 0.676. The highest BCUT2D eigenvalue weighted by atomic mass is 16.5. The average Bonchev–Trinajstić information content (AvgIpc) is 2.55. The number of rotatable bonds is 5. The molecular formula is C18H18O4. The predicted molar refractivity (Wildman–Crippen MR) is 82.9 cm³/mol. The quantitative estimate of drug-likeness (QED) is 0.621. The van der Waals surface area contributed by atoms with Crippen LogP contribution >= 0.6 is 0 Å². The van der Waals surface area contributed by atoms with Gasteiger partial charge in [0.25, 0.3) is 0 Å². The average molecular weight is 298 g/mol. The van der Waals surface area contributed by atoms with Crippen molar-refractivity contribution < 1.29 is 19.1 Å². The van der Waals surface area contributed by atoms with Gasteiger partial charge < -0.3 is 9.47 Å². The summed E-state index contributed by atoms with van der Waals surface area (Å²) >= 11 is 0. The van der Waals surface area contributed by atoms with E-state index in [2.05, 4.69) is 0 Å². The van der Waals surface area contributed by atoms with Crippen LogP contribution in [0.1, 0.15) is 30.6 Å². The van der Waals surface area contributed by atoms with E-state index in [1.807, 2.05) is 13.0 Å². The third-order valence-electron chi connectivity index (χ3n) is 3.29. The molecule has 0 aromatic heterocycles. The Morgan fingerprint density at radius 2 is 1.59 bits per heavy atom. The first kappa shape index (κ1) is 15.8. The van der Waals surface area contributed by atoms with Gasteiger partial charge in [0, 0.05) is 0 Å². The van der Waals surface area contributed by atoms with E-state index >= 15 is 0 Å². The van der Waals surface area contributed by atoms with Crippen molar-refractivity contribution in [2.45, 2.75) is 20.3 Å². The van der Waals surface area contributed by atoms with Crippen molar-refractivity contribution >= 4 is 11.9 Å². The molecule has 0 aliphatic carbocycles. The third kappa shape index (κ3) is 3.95. The summed E-state index contributed by atoms with van der Waals surface area (Å²) in [4.78, 5) is 24.1. The number of carbonyl (C=O) groups is 2. The van der Waals surface area contributed by atoms with Crippen molar-refractivity contribution in [1.29, 1.82) is 0 Å². The Morgan fingerprint density at radius 1 is 0.955 bits per heavy atom. The fourth-order valence-electron chi connectivity index (χ4n) is 1.75. The Kier molecular flexibility index (Phi) is 5.31. The lowest BCUT2D eigenvalue weighted by Gasteiger charge is -2.12. The molecule has 0 N–H and O–H groups in total. The molecule has 0 fully saturated rings. The Morgan fingerprint density at radius 3 is 2.27 bits per heavy atom. The second kappa shape index (κ2) is 7.41. The summed E-state index contributed by atoms with van der Waals surface area (Å²) in [5.41, 5.74) is 0.225. The summed E-state index contributed by atoms with van der Waals surface area (Å²) < 4.78 is 10.6. The van der Waals surface area contributed by atoms with Crippen LogP contribution in [0.5, 0.6) is 11.5 Å². The number of para-hydroxylation sites is 2. The van der Waals surface area contributed by atoms with E-state index < -0.39 is 5.97 Å². The molecule has 0 saturated carbocycles. The molecule has 2 rings (SSSR count). The normalized spacial score (nSPS) is 11.5. The van der Waals surface area contributed by atoms with E-state index in [1.54, 1.807) is 55.5 Å². The van der Waals surface area contributed by atoms with E-state index in [0.717, 1.165) is 0 Å². The molecule has 0 saturated heterocycles. The van der Waals surface area contributed by atoms with Crippen molar-refractivity contribution in [2.75, 3.05) is 0 Å². The maximum Gasteiger partial charge on any atom is 0.347 e. The van der Waals surface area contributed by atoms with Gasteiger partial charge in [-0.2, -0.15) is 0 Å². The van der Waals surface area contributed by atoms with E-state index in [9.17, 15) is 9.59 Å². The minimum Gasteiger partial charge on any atom is -0.425 e. The van der Waals surface area contributed by atoms with Gasteiger partial charge in [0.1, 0.15) is 17.1 Å². The Labute approximate surface area is 129 Å². The molecule has 0 spiro atoms. The van der Waals surface area contributed by atoms with Crippen LogP contribution < -0.4 is 9.47 Å². The summed E-state index contributed by atoms with van der Waals surface area (Å²) in [5, 5.41) is 0. The zero-order valence-corrected chi connectivity index (χ0v) is 12.6. The van der Waals surface area contributed by atoms with Crippen LogP contribution in [0.3, 0.4) is 0 Å². The monoisotopic (exact) mass is 298 g/mol. The molecule has 0 aliphatic heterocycles. The van der Waals surface area contributed by atoms with Gasteiger partial charge in [0.2, 0.25) is 0 Å². The number of ether oxygens (including phenoxy) is 2. The maximum atomic E-state index is 12.2. The van der Waals surface area contributed by atoms with Gasteiger partial charge in [-0.3, -0.25) is 4.79 Å². The zero-order chi connectivity index (χ0) is 15.9. The number of hydrogen-bond donors (Lipinski definition) is 0. The number of esters is 2. The summed E-state index contributed by atoms with van der Waals surface area (Å²) in [7, 11) is 0. The largest absolute Gasteiger partial charge is 0.425 e. The van der Waals surface area contributed by atoms with Crippen LogP contribution in [0.4, 0.5) is 0 Å².